The van der Waals surface area contributed by atoms with Crippen LogP contribution in [-0.2, 0) is 20.0 Å². The molecule has 1 N–H and O–H groups in total. The number of rotatable bonds is 8. The lowest BCUT2D eigenvalue weighted by Crippen LogP contribution is -2.42. The van der Waals surface area contributed by atoms with Gasteiger partial charge in [-0.2, -0.15) is 12.6 Å². The van der Waals surface area contributed by atoms with Crippen molar-refractivity contribution >= 4 is 25.9 Å². The Balaban J connectivity index is 2.77. The Kier molecular flexibility index (Phi) is 6.94. The molecule has 0 fully saturated rings. The maximum absolute atomic E-state index is 12.4. The van der Waals surface area contributed by atoms with E-state index in [0.717, 1.165) is 5.56 Å². The van der Waals surface area contributed by atoms with Crippen LogP contribution in [0.1, 0.15) is 26.3 Å². The second kappa shape index (κ2) is 7.99. The van der Waals surface area contributed by atoms with Crippen LogP contribution in [0.3, 0.4) is 0 Å². The van der Waals surface area contributed by atoms with E-state index >= 15 is 0 Å². The number of thiol groups is 1. The number of benzene rings is 1. The van der Waals surface area contributed by atoms with Crippen LogP contribution in [0.4, 0.5) is 4.79 Å². The highest BCUT2D eigenvalue weighted by atomic mass is 32.1. The van der Waals surface area contributed by atoms with Crippen LogP contribution in [0.15, 0.2) is 30.3 Å². The van der Waals surface area contributed by atoms with Gasteiger partial charge in [-0.05, 0) is 26.3 Å². The van der Waals surface area contributed by atoms with E-state index in [4.69, 9.17) is 9.05 Å². The zero-order valence-corrected chi connectivity index (χ0v) is 14.3. The van der Waals surface area contributed by atoms with Crippen LogP contribution in [0.2, 0.25) is 0 Å². The minimum Gasteiger partial charge on any atom is -0.331 e. The molecule has 0 aliphatic heterocycles. The summed E-state index contributed by atoms with van der Waals surface area (Å²) in [6, 6.07) is 9.60. The average Bonchev–Trinajstić information content (AvgIpc) is 2.39. The highest BCUT2D eigenvalue weighted by molar-refractivity contribution is 7.82. The lowest BCUT2D eigenvalue weighted by molar-refractivity contribution is 0.205. The fraction of sp³-hybridized carbons (Fsp3) is 0.500. The first kappa shape index (κ1) is 18.2. The second-order valence-electron chi connectivity index (χ2n) is 4.70. The Hall–Kier alpha value is -0.810. The minimum atomic E-state index is -3.81. The molecule has 7 heteroatoms. The normalized spacial score (nSPS) is 14.5. The van der Waals surface area contributed by atoms with Crippen LogP contribution < -0.4 is 5.32 Å². The fourth-order valence-corrected chi connectivity index (χ4v) is 3.58. The quantitative estimate of drug-likeness (QED) is 0.431. The summed E-state index contributed by atoms with van der Waals surface area (Å²) < 4.78 is 22.4. The van der Waals surface area contributed by atoms with Crippen molar-refractivity contribution < 1.29 is 18.4 Å². The van der Waals surface area contributed by atoms with Crippen LogP contribution in [0.25, 0.3) is 0 Å². The van der Waals surface area contributed by atoms with Gasteiger partial charge in [-0.1, -0.05) is 30.3 Å². The molecule has 5 nitrogen and oxygen atoms in total. The SMILES string of the molecule is CCOP(=O)(OCC)C(=O)N[C@@](C)(S)Cc1ccccc1. The summed E-state index contributed by atoms with van der Waals surface area (Å²) in [7, 11) is -3.81. The highest BCUT2D eigenvalue weighted by Crippen LogP contribution is 2.49. The summed E-state index contributed by atoms with van der Waals surface area (Å²) in [6.07, 6.45) is 0.487. The molecule has 1 amide bonds. The topological polar surface area (TPSA) is 64.6 Å². The van der Waals surface area contributed by atoms with Crippen LogP contribution >= 0.6 is 20.2 Å². The average molecular weight is 331 g/mol. The number of hydrogen-bond donors (Lipinski definition) is 2. The number of carbonyl (C=O) groups excluding carboxylic acids is 1. The predicted molar refractivity (Wildman–Crippen MR) is 86.9 cm³/mol. The molecule has 1 aromatic rings. The van der Waals surface area contributed by atoms with Crippen molar-refractivity contribution in [3.05, 3.63) is 35.9 Å². The molecule has 0 aromatic heterocycles. The molecule has 0 unspecified atom stereocenters. The monoisotopic (exact) mass is 331 g/mol. The third-order valence-corrected chi connectivity index (χ3v) is 4.69. The smallest absolute Gasteiger partial charge is 0.331 e. The Labute approximate surface area is 131 Å². The summed E-state index contributed by atoms with van der Waals surface area (Å²) in [4.78, 5) is 11.3. The maximum Gasteiger partial charge on any atom is 0.418 e. The lowest BCUT2D eigenvalue weighted by atomic mass is 10.1. The summed E-state index contributed by atoms with van der Waals surface area (Å²) >= 11 is 4.44. The Morgan fingerprint density at radius 1 is 1.24 bits per heavy atom. The molecule has 0 spiro atoms. The second-order valence-corrected chi connectivity index (χ2v) is 7.60. The molecule has 0 heterocycles. The molecule has 1 atom stereocenters. The molecule has 1 aromatic carbocycles. The zero-order valence-electron chi connectivity index (χ0n) is 12.5. The fourth-order valence-electron chi connectivity index (χ4n) is 1.83. The summed E-state index contributed by atoms with van der Waals surface area (Å²) in [5.74, 6) is 0. The third-order valence-electron chi connectivity index (χ3n) is 2.61. The van der Waals surface area contributed by atoms with E-state index in [0.29, 0.717) is 6.42 Å². The first-order valence-corrected chi connectivity index (χ1v) is 8.80. The zero-order chi connectivity index (χ0) is 15.9. The Bertz CT molecular complexity index is 497. The lowest BCUT2D eigenvalue weighted by Gasteiger charge is -2.27. The van der Waals surface area contributed by atoms with Gasteiger partial charge < -0.3 is 14.4 Å². The van der Waals surface area contributed by atoms with Crippen molar-refractivity contribution in [1.82, 2.24) is 5.32 Å². The van der Waals surface area contributed by atoms with E-state index < -0.39 is 18.1 Å². The maximum atomic E-state index is 12.4. The molecular weight excluding hydrogens is 309 g/mol. The van der Waals surface area contributed by atoms with Gasteiger partial charge in [0.15, 0.2) is 0 Å². The third kappa shape index (κ3) is 5.83. The molecule has 118 valence electrons. The number of carbonyl (C=O) groups is 1. The van der Waals surface area contributed by atoms with E-state index in [-0.39, 0.29) is 13.2 Å². The summed E-state index contributed by atoms with van der Waals surface area (Å²) in [6.45, 7) is 5.31. The van der Waals surface area contributed by atoms with Crippen molar-refractivity contribution in [2.24, 2.45) is 0 Å². The van der Waals surface area contributed by atoms with Crippen LogP contribution in [-0.4, -0.2) is 23.7 Å². The summed E-state index contributed by atoms with van der Waals surface area (Å²) in [5.41, 5.74) is 0.248. The van der Waals surface area contributed by atoms with Gasteiger partial charge >= 0.3 is 13.2 Å². The molecule has 1 rings (SSSR count). The van der Waals surface area contributed by atoms with E-state index in [1.165, 1.54) is 0 Å². The number of nitrogens with one attached hydrogen (secondary N) is 1. The van der Waals surface area contributed by atoms with Crippen molar-refractivity contribution in [2.45, 2.75) is 32.1 Å². The van der Waals surface area contributed by atoms with Crippen molar-refractivity contribution in [3.8, 4) is 0 Å². The highest BCUT2D eigenvalue weighted by Gasteiger charge is 2.37. The summed E-state index contributed by atoms with van der Waals surface area (Å²) in [5, 5.41) is 2.63. The van der Waals surface area contributed by atoms with Crippen LogP contribution in [0.5, 0.6) is 0 Å². The van der Waals surface area contributed by atoms with Gasteiger partial charge in [0.2, 0.25) is 0 Å². The molecule has 0 bridgehead atoms. The van der Waals surface area contributed by atoms with Crippen molar-refractivity contribution in [1.29, 1.82) is 0 Å². The molecule has 21 heavy (non-hydrogen) atoms. The van der Waals surface area contributed by atoms with Gasteiger partial charge in [-0.3, -0.25) is 4.79 Å². The van der Waals surface area contributed by atoms with Crippen molar-refractivity contribution in [3.63, 3.8) is 0 Å². The van der Waals surface area contributed by atoms with Gasteiger partial charge in [0.05, 0.1) is 18.1 Å². The Morgan fingerprint density at radius 3 is 2.24 bits per heavy atom. The first-order valence-electron chi connectivity index (χ1n) is 6.81. The predicted octanol–water partition coefficient (Wildman–Crippen LogP) is 3.85. The van der Waals surface area contributed by atoms with Gasteiger partial charge in [0, 0.05) is 6.42 Å². The Morgan fingerprint density at radius 2 is 1.76 bits per heavy atom. The first-order chi connectivity index (χ1) is 9.83. The van der Waals surface area contributed by atoms with E-state index in [2.05, 4.69) is 17.9 Å². The van der Waals surface area contributed by atoms with Gasteiger partial charge in [0.1, 0.15) is 0 Å². The largest absolute Gasteiger partial charge is 0.418 e. The molecule has 0 saturated heterocycles. The van der Waals surface area contributed by atoms with E-state index in [1.54, 1.807) is 20.8 Å². The van der Waals surface area contributed by atoms with E-state index in [1.807, 2.05) is 30.3 Å². The number of amides is 1. The van der Waals surface area contributed by atoms with Gasteiger partial charge in [0.25, 0.3) is 0 Å². The minimum absolute atomic E-state index is 0.132. The molecule has 0 radical (unpaired) electrons. The molecule has 0 aliphatic carbocycles. The standard InChI is InChI=1S/C14H22NO4PS/c1-4-18-20(17,19-5-2)13(16)15-14(3,21)11-12-9-7-6-8-10-12/h6-10,21H,4-5,11H2,1-3H3,(H,15,16)/t14-/m0/s1. The van der Waals surface area contributed by atoms with Crippen LogP contribution in [0, 0.1) is 0 Å². The van der Waals surface area contributed by atoms with Gasteiger partial charge in [-0.15, -0.1) is 0 Å². The number of hydrogen-bond acceptors (Lipinski definition) is 5. The van der Waals surface area contributed by atoms with E-state index in [9.17, 15) is 9.36 Å². The molecular formula is C14H22NO4PS. The molecule has 0 aliphatic rings. The van der Waals surface area contributed by atoms with Crippen molar-refractivity contribution in [2.75, 3.05) is 13.2 Å². The van der Waals surface area contributed by atoms with Gasteiger partial charge in [-0.25, -0.2) is 4.57 Å². The molecule has 0 saturated carbocycles.